The summed E-state index contributed by atoms with van der Waals surface area (Å²) < 4.78 is 0.338. The van der Waals surface area contributed by atoms with Gasteiger partial charge in [-0.05, 0) is 22.9 Å². The molecule has 0 fully saturated rings. The van der Waals surface area contributed by atoms with Gasteiger partial charge in [-0.2, -0.15) is 5.21 Å². The molecule has 0 aliphatic heterocycles. The molecule has 0 radical (unpaired) electrons. The summed E-state index contributed by atoms with van der Waals surface area (Å²) in [5.74, 6) is 0.926. The first-order valence-corrected chi connectivity index (χ1v) is 5.21. The summed E-state index contributed by atoms with van der Waals surface area (Å²) >= 11 is 3.14. The summed E-state index contributed by atoms with van der Waals surface area (Å²) in [4.78, 5) is 17.7. The molecule has 0 aliphatic rings. The van der Waals surface area contributed by atoms with Crippen LogP contribution in [0.5, 0.6) is 0 Å². The lowest BCUT2D eigenvalue weighted by molar-refractivity contribution is 0.785. The average Bonchev–Trinajstić information content (AvgIpc) is 2.78. The Hall–Kier alpha value is -1.77. The van der Waals surface area contributed by atoms with E-state index in [9.17, 15) is 4.79 Å². The Balaban J connectivity index is 2.21. The Labute approximate surface area is 98.0 Å². The minimum absolute atomic E-state index is 0.204. The van der Waals surface area contributed by atoms with Crippen molar-refractivity contribution in [1.82, 2.24) is 30.6 Å². The predicted octanol–water partition coefficient (Wildman–Crippen LogP) is 0.219. The van der Waals surface area contributed by atoms with Crippen molar-refractivity contribution in [3.63, 3.8) is 0 Å². The molecule has 2 rings (SSSR count). The van der Waals surface area contributed by atoms with Crippen molar-refractivity contribution in [2.45, 2.75) is 13.0 Å². The largest absolute Gasteiger partial charge is 0.359 e. The summed E-state index contributed by atoms with van der Waals surface area (Å²) in [6.45, 7) is 1.83. The van der Waals surface area contributed by atoms with Gasteiger partial charge in [0.2, 0.25) is 0 Å². The maximum absolute atomic E-state index is 11.3. The number of rotatable bonds is 3. The van der Waals surface area contributed by atoms with E-state index in [1.54, 1.807) is 0 Å². The molecule has 0 saturated carbocycles. The van der Waals surface area contributed by atoms with Crippen LogP contribution < -0.4 is 10.9 Å². The first-order chi connectivity index (χ1) is 7.68. The van der Waals surface area contributed by atoms with Gasteiger partial charge in [0, 0.05) is 0 Å². The Morgan fingerprint density at radius 3 is 3.06 bits per heavy atom. The summed E-state index contributed by atoms with van der Waals surface area (Å²) in [5.41, 5.74) is -0.252. The van der Waals surface area contributed by atoms with Crippen LogP contribution in [-0.2, 0) is 0 Å². The van der Waals surface area contributed by atoms with Gasteiger partial charge in [0.1, 0.15) is 10.3 Å². The maximum atomic E-state index is 11.3. The van der Waals surface area contributed by atoms with E-state index in [1.165, 1.54) is 6.33 Å². The van der Waals surface area contributed by atoms with Crippen LogP contribution in [0.3, 0.4) is 0 Å². The average molecular weight is 286 g/mol. The molecule has 0 spiro atoms. The SMILES string of the molecule is CC(Nc1nc[nH]c(=O)c1Br)c1nn[nH]n1. The zero-order chi connectivity index (χ0) is 11.5. The fourth-order valence-corrected chi connectivity index (χ4v) is 1.44. The summed E-state index contributed by atoms with van der Waals surface area (Å²) in [6.07, 6.45) is 1.32. The summed E-state index contributed by atoms with van der Waals surface area (Å²) in [5, 5.41) is 16.4. The van der Waals surface area contributed by atoms with E-state index in [0.29, 0.717) is 16.1 Å². The van der Waals surface area contributed by atoms with E-state index >= 15 is 0 Å². The highest BCUT2D eigenvalue weighted by atomic mass is 79.9. The molecule has 0 bridgehead atoms. The van der Waals surface area contributed by atoms with Gasteiger partial charge in [0.05, 0.1) is 12.4 Å². The van der Waals surface area contributed by atoms with Gasteiger partial charge in [-0.15, -0.1) is 10.2 Å². The van der Waals surface area contributed by atoms with Gasteiger partial charge >= 0.3 is 0 Å². The molecule has 3 N–H and O–H groups in total. The quantitative estimate of drug-likeness (QED) is 0.744. The number of tetrazole rings is 1. The van der Waals surface area contributed by atoms with E-state index in [0.717, 1.165) is 0 Å². The van der Waals surface area contributed by atoms with Crippen LogP contribution in [0.15, 0.2) is 15.6 Å². The first kappa shape index (κ1) is 10.7. The van der Waals surface area contributed by atoms with E-state index < -0.39 is 0 Å². The Morgan fingerprint density at radius 1 is 1.56 bits per heavy atom. The number of hydrogen-bond acceptors (Lipinski definition) is 6. The molecule has 9 heteroatoms. The van der Waals surface area contributed by atoms with Gasteiger partial charge < -0.3 is 10.3 Å². The molecular formula is C7H8BrN7O. The number of aromatic amines is 2. The highest BCUT2D eigenvalue weighted by Gasteiger charge is 2.13. The second-order valence-corrected chi connectivity index (χ2v) is 3.82. The van der Waals surface area contributed by atoms with Gasteiger partial charge in [-0.3, -0.25) is 4.79 Å². The third-order valence-electron chi connectivity index (χ3n) is 1.90. The molecule has 1 atom stereocenters. The van der Waals surface area contributed by atoms with E-state index in [2.05, 4.69) is 51.8 Å². The lowest BCUT2D eigenvalue weighted by atomic mass is 10.3. The number of hydrogen-bond donors (Lipinski definition) is 3. The first-order valence-electron chi connectivity index (χ1n) is 4.41. The molecule has 16 heavy (non-hydrogen) atoms. The highest BCUT2D eigenvalue weighted by molar-refractivity contribution is 9.10. The van der Waals surface area contributed by atoms with Crippen LogP contribution in [-0.4, -0.2) is 30.6 Å². The van der Waals surface area contributed by atoms with Gasteiger partial charge in [-0.1, -0.05) is 5.21 Å². The normalized spacial score (nSPS) is 12.4. The number of halogens is 1. The van der Waals surface area contributed by atoms with Crippen molar-refractivity contribution >= 4 is 21.7 Å². The lowest BCUT2D eigenvalue weighted by Gasteiger charge is -2.10. The van der Waals surface area contributed by atoms with E-state index in [1.807, 2.05) is 6.92 Å². The van der Waals surface area contributed by atoms with E-state index in [4.69, 9.17) is 0 Å². The number of anilines is 1. The second-order valence-electron chi connectivity index (χ2n) is 3.03. The predicted molar refractivity (Wildman–Crippen MR) is 58.8 cm³/mol. The minimum Gasteiger partial charge on any atom is -0.359 e. The summed E-state index contributed by atoms with van der Waals surface area (Å²) in [6, 6.07) is -0.204. The van der Waals surface area contributed by atoms with Crippen molar-refractivity contribution in [1.29, 1.82) is 0 Å². The molecule has 2 aromatic heterocycles. The molecule has 8 nitrogen and oxygen atoms in total. The molecule has 0 saturated heterocycles. The number of nitrogens with one attached hydrogen (secondary N) is 3. The van der Waals surface area contributed by atoms with Gasteiger partial charge in [0.25, 0.3) is 5.56 Å². The van der Waals surface area contributed by atoms with Crippen LogP contribution >= 0.6 is 15.9 Å². The minimum atomic E-state index is -0.252. The van der Waals surface area contributed by atoms with Crippen molar-refractivity contribution in [3.05, 3.63) is 27.0 Å². The fourth-order valence-electron chi connectivity index (χ4n) is 1.11. The van der Waals surface area contributed by atoms with Crippen molar-refractivity contribution in [2.24, 2.45) is 0 Å². The Bertz CT molecular complexity index is 522. The van der Waals surface area contributed by atoms with Crippen molar-refractivity contribution < 1.29 is 0 Å². The molecule has 0 aliphatic carbocycles. The third kappa shape index (κ3) is 2.08. The Kier molecular flexibility index (Phi) is 2.95. The molecule has 0 aromatic carbocycles. The van der Waals surface area contributed by atoms with Gasteiger partial charge in [0.15, 0.2) is 5.82 Å². The standard InChI is InChI=1S/C7H8BrN7O/c1-3(5-12-14-15-13-5)11-6-4(8)7(16)10-2-9-6/h2-3H,1H3,(H2,9,10,11,16)(H,12,13,14,15). The second kappa shape index (κ2) is 4.39. The third-order valence-corrected chi connectivity index (χ3v) is 2.63. The Morgan fingerprint density at radius 2 is 2.38 bits per heavy atom. The number of aromatic nitrogens is 6. The zero-order valence-electron chi connectivity index (χ0n) is 8.23. The van der Waals surface area contributed by atoms with Crippen molar-refractivity contribution in [3.8, 4) is 0 Å². The zero-order valence-corrected chi connectivity index (χ0v) is 9.82. The van der Waals surface area contributed by atoms with Crippen LogP contribution in [0.25, 0.3) is 0 Å². The fraction of sp³-hybridized carbons (Fsp3) is 0.286. The monoisotopic (exact) mass is 285 g/mol. The van der Waals surface area contributed by atoms with Crippen LogP contribution in [0.4, 0.5) is 5.82 Å². The number of nitrogens with zero attached hydrogens (tertiary/aromatic N) is 4. The topological polar surface area (TPSA) is 112 Å². The smallest absolute Gasteiger partial charge is 0.267 e. The van der Waals surface area contributed by atoms with Gasteiger partial charge in [-0.25, -0.2) is 4.98 Å². The summed E-state index contributed by atoms with van der Waals surface area (Å²) in [7, 11) is 0. The van der Waals surface area contributed by atoms with E-state index in [-0.39, 0.29) is 11.6 Å². The highest BCUT2D eigenvalue weighted by Crippen LogP contribution is 2.18. The van der Waals surface area contributed by atoms with Crippen molar-refractivity contribution in [2.75, 3.05) is 5.32 Å². The van der Waals surface area contributed by atoms with Crippen LogP contribution in [0.2, 0.25) is 0 Å². The molecule has 2 aromatic rings. The molecule has 84 valence electrons. The molecule has 1 unspecified atom stereocenters. The molecule has 2 heterocycles. The number of H-pyrrole nitrogens is 2. The lowest BCUT2D eigenvalue weighted by Crippen LogP contribution is -2.15. The maximum Gasteiger partial charge on any atom is 0.267 e. The molecular weight excluding hydrogens is 278 g/mol. The van der Waals surface area contributed by atoms with Crippen LogP contribution in [0, 0.1) is 0 Å². The van der Waals surface area contributed by atoms with Crippen LogP contribution in [0.1, 0.15) is 18.8 Å². The molecule has 0 amide bonds.